The van der Waals surface area contributed by atoms with Crippen molar-refractivity contribution in [3.05, 3.63) is 52.4 Å². The van der Waals surface area contributed by atoms with Crippen molar-refractivity contribution in [1.82, 2.24) is 14.2 Å². The lowest BCUT2D eigenvalue weighted by atomic mass is 10.1. The van der Waals surface area contributed by atoms with E-state index in [2.05, 4.69) is 0 Å². The average Bonchev–Trinajstić information content (AvgIpc) is 3.19. The molecule has 3 aromatic rings. The molecule has 9 heteroatoms. The van der Waals surface area contributed by atoms with Crippen molar-refractivity contribution in [2.75, 3.05) is 31.9 Å². The SMILES string of the molecule is CCS(=O)(=O)N1CCN(C(=O)c2cc(-c3ccc(Cl)s3)nc3ccccc23)CC1. The van der Waals surface area contributed by atoms with Crippen LogP contribution in [0.15, 0.2) is 42.5 Å². The van der Waals surface area contributed by atoms with Gasteiger partial charge in [-0.25, -0.2) is 13.4 Å². The minimum absolute atomic E-state index is 0.0721. The first-order valence-electron chi connectivity index (χ1n) is 9.31. The van der Waals surface area contributed by atoms with Crippen LogP contribution in [-0.2, 0) is 10.0 Å². The Labute approximate surface area is 178 Å². The number of carbonyl (C=O) groups excluding carboxylic acids is 1. The van der Waals surface area contributed by atoms with E-state index >= 15 is 0 Å². The molecule has 1 amide bonds. The van der Waals surface area contributed by atoms with Gasteiger partial charge in [0.1, 0.15) is 0 Å². The van der Waals surface area contributed by atoms with Gasteiger partial charge in [0.2, 0.25) is 10.0 Å². The van der Waals surface area contributed by atoms with Crippen LogP contribution in [-0.4, -0.2) is 60.4 Å². The molecule has 0 atom stereocenters. The molecular weight excluding hydrogens is 430 g/mol. The lowest BCUT2D eigenvalue weighted by Gasteiger charge is -2.34. The molecule has 1 fully saturated rings. The molecule has 1 aromatic carbocycles. The Morgan fingerprint density at radius 3 is 2.52 bits per heavy atom. The summed E-state index contributed by atoms with van der Waals surface area (Å²) in [6, 6.07) is 13.1. The predicted molar refractivity (Wildman–Crippen MR) is 117 cm³/mol. The van der Waals surface area contributed by atoms with Gasteiger partial charge in [-0.2, -0.15) is 4.31 Å². The van der Waals surface area contributed by atoms with Crippen LogP contribution >= 0.6 is 22.9 Å². The second kappa shape index (κ2) is 8.02. The fraction of sp³-hybridized carbons (Fsp3) is 0.300. The molecule has 0 saturated carbocycles. The quantitative estimate of drug-likeness (QED) is 0.608. The third kappa shape index (κ3) is 4.02. The Hall–Kier alpha value is -2.00. The highest BCUT2D eigenvalue weighted by Gasteiger charge is 2.29. The van der Waals surface area contributed by atoms with Gasteiger partial charge in [-0.15, -0.1) is 11.3 Å². The summed E-state index contributed by atoms with van der Waals surface area (Å²) < 4.78 is 26.3. The number of hydrogen-bond donors (Lipinski definition) is 0. The molecule has 2 aromatic heterocycles. The minimum atomic E-state index is -3.24. The van der Waals surface area contributed by atoms with Gasteiger partial charge in [0.15, 0.2) is 0 Å². The summed E-state index contributed by atoms with van der Waals surface area (Å²) in [7, 11) is -3.24. The number of aromatic nitrogens is 1. The number of nitrogens with zero attached hydrogens (tertiary/aromatic N) is 3. The molecule has 0 aliphatic carbocycles. The third-order valence-electron chi connectivity index (χ3n) is 5.06. The summed E-state index contributed by atoms with van der Waals surface area (Å²) in [4.78, 5) is 20.6. The van der Waals surface area contributed by atoms with E-state index in [-0.39, 0.29) is 11.7 Å². The summed E-state index contributed by atoms with van der Waals surface area (Å²) in [5.74, 6) is -0.0380. The molecular formula is C20H20ClN3O3S2. The zero-order valence-electron chi connectivity index (χ0n) is 15.8. The Balaban J connectivity index is 1.67. The number of amides is 1. The molecule has 6 nitrogen and oxygen atoms in total. The van der Waals surface area contributed by atoms with E-state index in [1.54, 1.807) is 11.8 Å². The molecule has 1 aliphatic heterocycles. The Bertz CT molecular complexity index is 1170. The maximum Gasteiger partial charge on any atom is 0.254 e. The minimum Gasteiger partial charge on any atom is -0.336 e. The van der Waals surface area contributed by atoms with Gasteiger partial charge in [-0.3, -0.25) is 4.79 Å². The van der Waals surface area contributed by atoms with Crippen molar-refractivity contribution < 1.29 is 13.2 Å². The standard InChI is InChI=1S/C20H20ClN3O3S2/c1-2-29(26,27)24-11-9-23(10-12-24)20(25)15-13-17(18-7-8-19(21)28-18)22-16-6-4-3-5-14(15)16/h3-8,13H,2,9-12H2,1H3. The van der Waals surface area contributed by atoms with Gasteiger partial charge in [0.05, 0.1) is 31.7 Å². The molecule has 3 heterocycles. The molecule has 0 bridgehead atoms. The van der Waals surface area contributed by atoms with E-state index in [9.17, 15) is 13.2 Å². The van der Waals surface area contributed by atoms with E-state index in [1.165, 1.54) is 15.6 Å². The van der Waals surface area contributed by atoms with Crippen LogP contribution in [0.1, 0.15) is 17.3 Å². The number of rotatable bonds is 4. The molecule has 29 heavy (non-hydrogen) atoms. The van der Waals surface area contributed by atoms with Crippen molar-refractivity contribution in [2.45, 2.75) is 6.92 Å². The number of sulfonamides is 1. The first kappa shape index (κ1) is 20.3. The van der Waals surface area contributed by atoms with E-state index in [0.717, 1.165) is 15.8 Å². The van der Waals surface area contributed by atoms with Gasteiger partial charge in [0, 0.05) is 31.6 Å². The summed E-state index contributed by atoms with van der Waals surface area (Å²) in [5.41, 5.74) is 2.02. The molecule has 0 N–H and O–H groups in total. The highest BCUT2D eigenvalue weighted by molar-refractivity contribution is 7.89. The summed E-state index contributed by atoms with van der Waals surface area (Å²) >= 11 is 7.49. The normalized spacial score (nSPS) is 15.7. The maximum absolute atomic E-state index is 13.3. The third-order valence-corrected chi connectivity index (χ3v) is 8.19. The number of pyridine rings is 1. The predicted octanol–water partition coefficient (Wildman–Crippen LogP) is 3.72. The van der Waals surface area contributed by atoms with Crippen LogP contribution in [0.5, 0.6) is 0 Å². The first-order valence-corrected chi connectivity index (χ1v) is 12.1. The summed E-state index contributed by atoms with van der Waals surface area (Å²) in [6.45, 7) is 3.01. The van der Waals surface area contributed by atoms with E-state index in [0.29, 0.717) is 41.8 Å². The molecule has 0 radical (unpaired) electrons. The van der Waals surface area contributed by atoms with Crippen molar-refractivity contribution in [2.24, 2.45) is 0 Å². The number of piperazine rings is 1. The molecule has 1 aliphatic rings. The van der Waals surface area contributed by atoms with Gasteiger partial charge < -0.3 is 4.90 Å². The number of hydrogen-bond acceptors (Lipinski definition) is 5. The molecule has 1 saturated heterocycles. The molecule has 0 unspecified atom stereocenters. The van der Waals surface area contributed by atoms with Crippen LogP contribution in [0.4, 0.5) is 0 Å². The molecule has 4 rings (SSSR count). The second-order valence-corrected chi connectivity index (χ2v) is 10.7. The smallest absolute Gasteiger partial charge is 0.254 e. The van der Waals surface area contributed by atoms with E-state index < -0.39 is 10.0 Å². The monoisotopic (exact) mass is 449 g/mol. The summed E-state index contributed by atoms with van der Waals surface area (Å²) in [5, 5.41) is 0.785. The fourth-order valence-electron chi connectivity index (χ4n) is 3.45. The van der Waals surface area contributed by atoms with Crippen LogP contribution in [0.3, 0.4) is 0 Å². The number of benzene rings is 1. The number of para-hydroxylation sites is 1. The van der Waals surface area contributed by atoms with Gasteiger partial charge >= 0.3 is 0 Å². The van der Waals surface area contributed by atoms with Crippen molar-refractivity contribution in [1.29, 1.82) is 0 Å². The Morgan fingerprint density at radius 1 is 1.14 bits per heavy atom. The van der Waals surface area contributed by atoms with Crippen LogP contribution < -0.4 is 0 Å². The lowest BCUT2D eigenvalue weighted by molar-refractivity contribution is 0.0700. The summed E-state index contributed by atoms with van der Waals surface area (Å²) in [6.07, 6.45) is 0. The topological polar surface area (TPSA) is 70.6 Å². The average molecular weight is 450 g/mol. The zero-order chi connectivity index (χ0) is 20.6. The maximum atomic E-state index is 13.3. The van der Waals surface area contributed by atoms with Crippen molar-refractivity contribution in [3.8, 4) is 10.6 Å². The molecule has 152 valence electrons. The number of thiophene rings is 1. The lowest BCUT2D eigenvalue weighted by Crippen LogP contribution is -2.50. The number of carbonyl (C=O) groups is 1. The van der Waals surface area contributed by atoms with Crippen LogP contribution in [0.25, 0.3) is 21.5 Å². The Morgan fingerprint density at radius 2 is 1.86 bits per heavy atom. The highest BCUT2D eigenvalue weighted by atomic mass is 35.5. The second-order valence-electron chi connectivity index (χ2n) is 6.77. The first-order chi connectivity index (χ1) is 13.9. The van der Waals surface area contributed by atoms with Gasteiger partial charge in [0.25, 0.3) is 5.91 Å². The van der Waals surface area contributed by atoms with E-state index in [4.69, 9.17) is 16.6 Å². The fourth-order valence-corrected chi connectivity index (χ4v) is 5.54. The molecule has 0 spiro atoms. The highest BCUT2D eigenvalue weighted by Crippen LogP contribution is 2.32. The van der Waals surface area contributed by atoms with E-state index in [1.807, 2.05) is 42.5 Å². The van der Waals surface area contributed by atoms with Crippen molar-refractivity contribution in [3.63, 3.8) is 0 Å². The van der Waals surface area contributed by atoms with Gasteiger partial charge in [-0.1, -0.05) is 29.8 Å². The number of fused-ring (bicyclic) bond motifs is 1. The van der Waals surface area contributed by atoms with Crippen LogP contribution in [0, 0.1) is 0 Å². The number of halogens is 1. The Kier molecular flexibility index (Phi) is 5.61. The van der Waals surface area contributed by atoms with Gasteiger partial charge in [-0.05, 0) is 31.2 Å². The zero-order valence-corrected chi connectivity index (χ0v) is 18.2. The largest absolute Gasteiger partial charge is 0.336 e. The van der Waals surface area contributed by atoms with Crippen LogP contribution in [0.2, 0.25) is 4.34 Å². The van der Waals surface area contributed by atoms with Crippen molar-refractivity contribution >= 4 is 49.8 Å².